The van der Waals surface area contributed by atoms with E-state index >= 15 is 0 Å². The van der Waals surface area contributed by atoms with Crippen LogP contribution in [0, 0.1) is 13.8 Å². The number of amides is 1. The van der Waals surface area contributed by atoms with Crippen molar-refractivity contribution in [1.82, 2.24) is 14.3 Å². The normalized spacial score (nSPS) is 10.6. The van der Waals surface area contributed by atoms with Gasteiger partial charge < -0.3 is 10.2 Å². The molecule has 0 fully saturated rings. The molecule has 20 heavy (non-hydrogen) atoms. The van der Waals surface area contributed by atoms with Gasteiger partial charge >= 0.3 is 0 Å². The van der Waals surface area contributed by atoms with E-state index in [0.29, 0.717) is 12.1 Å². The molecule has 0 saturated heterocycles. The Labute approximate surface area is 126 Å². The first kappa shape index (κ1) is 14.9. The number of aromatic nitrogens is 2. The summed E-state index contributed by atoms with van der Waals surface area (Å²) in [5.41, 5.74) is 1.46. The van der Waals surface area contributed by atoms with Crippen LogP contribution in [0.25, 0.3) is 0 Å². The molecule has 0 aromatic carbocycles. The van der Waals surface area contributed by atoms with Gasteiger partial charge in [-0.3, -0.25) is 4.79 Å². The van der Waals surface area contributed by atoms with Crippen molar-refractivity contribution in [3.05, 3.63) is 27.3 Å². The predicted octanol–water partition coefficient (Wildman–Crippen LogP) is 2.57. The third kappa shape index (κ3) is 3.16. The van der Waals surface area contributed by atoms with Crippen molar-refractivity contribution in [2.45, 2.75) is 20.3 Å². The first-order valence-corrected chi connectivity index (χ1v) is 7.92. The molecule has 2 aromatic rings. The van der Waals surface area contributed by atoms with Crippen LogP contribution in [0.5, 0.6) is 0 Å². The Morgan fingerprint density at radius 2 is 2.20 bits per heavy atom. The van der Waals surface area contributed by atoms with E-state index in [-0.39, 0.29) is 5.91 Å². The zero-order chi connectivity index (χ0) is 14.7. The van der Waals surface area contributed by atoms with Crippen LogP contribution in [0.4, 0.5) is 5.00 Å². The molecule has 1 amide bonds. The largest absolute Gasteiger partial charge is 0.378 e. The van der Waals surface area contributed by atoms with Gasteiger partial charge in [0.15, 0.2) is 0 Å². The molecule has 7 heteroatoms. The number of nitrogens with zero attached hydrogens (tertiary/aromatic N) is 3. The minimum Gasteiger partial charge on any atom is -0.378 e. The van der Waals surface area contributed by atoms with Crippen molar-refractivity contribution in [3.8, 4) is 0 Å². The fourth-order valence-electron chi connectivity index (χ4n) is 1.86. The van der Waals surface area contributed by atoms with Crippen LogP contribution >= 0.6 is 22.9 Å². The Balaban J connectivity index is 2.03. The summed E-state index contributed by atoms with van der Waals surface area (Å²) in [6, 6.07) is 0. The first-order valence-electron chi connectivity index (χ1n) is 6.33. The van der Waals surface area contributed by atoms with Gasteiger partial charge in [-0.15, -0.1) is 11.3 Å². The van der Waals surface area contributed by atoms with Gasteiger partial charge in [0.1, 0.15) is 5.00 Å². The van der Waals surface area contributed by atoms with Crippen LogP contribution in [-0.2, 0) is 6.42 Å². The third-order valence-electron chi connectivity index (χ3n) is 2.98. The molecule has 0 aliphatic heterocycles. The van der Waals surface area contributed by atoms with Crippen molar-refractivity contribution in [2.75, 3.05) is 26.0 Å². The quantitative estimate of drug-likeness (QED) is 0.922. The summed E-state index contributed by atoms with van der Waals surface area (Å²) in [6.07, 6.45) is 2.65. The third-order valence-corrected chi connectivity index (χ3v) is 4.91. The Hall–Kier alpha value is -1.47. The highest BCUT2D eigenvalue weighted by atomic mass is 32.1. The Morgan fingerprint density at radius 1 is 1.45 bits per heavy atom. The van der Waals surface area contributed by atoms with Crippen LogP contribution in [0.15, 0.2) is 6.20 Å². The van der Waals surface area contributed by atoms with E-state index in [1.165, 1.54) is 16.4 Å². The molecule has 0 atom stereocenters. The van der Waals surface area contributed by atoms with Crippen LogP contribution in [-0.4, -0.2) is 40.8 Å². The number of thiazole rings is 1. The number of carbonyl (C=O) groups is 1. The minimum absolute atomic E-state index is 0.00822. The van der Waals surface area contributed by atoms with Crippen molar-refractivity contribution in [1.29, 1.82) is 0 Å². The maximum Gasteiger partial charge on any atom is 0.258 e. The van der Waals surface area contributed by atoms with Gasteiger partial charge in [0.05, 0.1) is 16.3 Å². The van der Waals surface area contributed by atoms with Gasteiger partial charge in [-0.2, -0.15) is 4.37 Å². The summed E-state index contributed by atoms with van der Waals surface area (Å²) < 4.78 is 4.23. The molecule has 0 aliphatic carbocycles. The second kappa shape index (κ2) is 6.32. The second-order valence-electron chi connectivity index (χ2n) is 4.56. The van der Waals surface area contributed by atoms with Gasteiger partial charge in [-0.05, 0) is 25.4 Å². The summed E-state index contributed by atoms with van der Waals surface area (Å²) in [5.74, 6) is 0.00822. The molecule has 2 rings (SSSR count). The van der Waals surface area contributed by atoms with Crippen LogP contribution in [0.2, 0.25) is 0 Å². The standard InChI is InChI=1S/C13H18N4OS2/c1-8-7-15-10(19-8)5-6-17(4)13(18)11-9(2)16-20-12(11)14-3/h7,14H,5-6H2,1-4H3. The molecular weight excluding hydrogens is 292 g/mol. The van der Waals surface area contributed by atoms with Gasteiger partial charge in [0, 0.05) is 38.1 Å². The Bertz CT molecular complexity index is 605. The van der Waals surface area contributed by atoms with E-state index in [9.17, 15) is 4.79 Å². The highest BCUT2D eigenvalue weighted by Crippen LogP contribution is 2.25. The second-order valence-corrected chi connectivity index (χ2v) is 6.66. The van der Waals surface area contributed by atoms with E-state index in [2.05, 4.69) is 14.7 Å². The smallest absolute Gasteiger partial charge is 0.258 e. The van der Waals surface area contributed by atoms with E-state index in [0.717, 1.165) is 22.1 Å². The Kier molecular flexibility index (Phi) is 4.72. The molecule has 0 aliphatic rings. The van der Waals surface area contributed by atoms with Gasteiger partial charge in [0.2, 0.25) is 0 Å². The molecule has 0 spiro atoms. The molecule has 1 N–H and O–H groups in total. The number of hydrogen-bond donors (Lipinski definition) is 1. The fraction of sp³-hybridized carbons (Fsp3) is 0.462. The minimum atomic E-state index is 0.00822. The number of carbonyl (C=O) groups excluding carboxylic acids is 1. The zero-order valence-electron chi connectivity index (χ0n) is 12.1. The lowest BCUT2D eigenvalue weighted by molar-refractivity contribution is 0.0797. The molecule has 108 valence electrons. The summed E-state index contributed by atoms with van der Waals surface area (Å²) in [7, 11) is 3.63. The molecule has 0 saturated carbocycles. The summed E-state index contributed by atoms with van der Waals surface area (Å²) in [4.78, 5) is 19.7. The van der Waals surface area contributed by atoms with E-state index in [1.54, 1.807) is 16.2 Å². The van der Waals surface area contributed by atoms with Crippen molar-refractivity contribution >= 4 is 33.8 Å². The maximum absolute atomic E-state index is 12.5. The van der Waals surface area contributed by atoms with Crippen molar-refractivity contribution in [2.24, 2.45) is 0 Å². The van der Waals surface area contributed by atoms with Crippen molar-refractivity contribution < 1.29 is 4.79 Å². The predicted molar refractivity (Wildman–Crippen MR) is 83.9 cm³/mol. The molecule has 2 aromatic heterocycles. The lowest BCUT2D eigenvalue weighted by Crippen LogP contribution is -2.29. The average molecular weight is 310 g/mol. The molecule has 0 bridgehead atoms. The van der Waals surface area contributed by atoms with Gasteiger partial charge in [-0.1, -0.05) is 0 Å². The summed E-state index contributed by atoms with van der Waals surface area (Å²) in [6.45, 7) is 4.56. The number of likely N-dealkylation sites (N-methyl/N-ethyl adjacent to an activating group) is 1. The molecule has 0 unspecified atom stereocenters. The highest BCUT2D eigenvalue weighted by Gasteiger charge is 2.21. The van der Waals surface area contributed by atoms with Crippen LogP contribution in [0.3, 0.4) is 0 Å². The van der Waals surface area contributed by atoms with E-state index in [1.807, 2.05) is 34.1 Å². The Morgan fingerprint density at radius 3 is 2.80 bits per heavy atom. The number of nitrogens with one attached hydrogen (secondary N) is 1. The molecule has 5 nitrogen and oxygen atoms in total. The topological polar surface area (TPSA) is 58.1 Å². The number of anilines is 1. The maximum atomic E-state index is 12.5. The van der Waals surface area contributed by atoms with E-state index in [4.69, 9.17) is 0 Å². The van der Waals surface area contributed by atoms with Crippen LogP contribution in [0.1, 0.15) is 25.9 Å². The zero-order valence-corrected chi connectivity index (χ0v) is 13.7. The van der Waals surface area contributed by atoms with Crippen molar-refractivity contribution in [3.63, 3.8) is 0 Å². The lowest BCUT2D eigenvalue weighted by atomic mass is 10.2. The van der Waals surface area contributed by atoms with Gasteiger partial charge in [-0.25, -0.2) is 4.98 Å². The number of hydrogen-bond acceptors (Lipinski definition) is 6. The average Bonchev–Trinajstić information content (AvgIpc) is 3.01. The van der Waals surface area contributed by atoms with Crippen LogP contribution < -0.4 is 5.32 Å². The summed E-state index contributed by atoms with van der Waals surface area (Å²) >= 11 is 3.00. The highest BCUT2D eigenvalue weighted by molar-refractivity contribution is 7.11. The molecule has 2 heterocycles. The lowest BCUT2D eigenvalue weighted by Gasteiger charge is -2.17. The summed E-state index contributed by atoms with van der Waals surface area (Å²) in [5, 5.41) is 4.92. The number of rotatable bonds is 5. The van der Waals surface area contributed by atoms with Gasteiger partial charge in [0.25, 0.3) is 5.91 Å². The van der Waals surface area contributed by atoms with E-state index < -0.39 is 0 Å². The molecular formula is C13H18N4OS2. The SMILES string of the molecule is CNc1snc(C)c1C(=O)N(C)CCc1ncc(C)s1. The molecule has 0 radical (unpaired) electrons. The first-order chi connectivity index (χ1) is 9.52. The monoisotopic (exact) mass is 310 g/mol. The fourth-order valence-corrected chi connectivity index (χ4v) is 3.38. The number of aryl methyl sites for hydroxylation is 2.